The van der Waals surface area contributed by atoms with Crippen LogP contribution in [0.25, 0.3) is 0 Å². The van der Waals surface area contributed by atoms with Crippen LogP contribution in [-0.2, 0) is 9.53 Å². The minimum atomic E-state index is -0.812. The molecule has 3 heteroatoms. The summed E-state index contributed by atoms with van der Waals surface area (Å²) in [5.41, 5.74) is 0. The number of hydrogen-bond donors (Lipinski definition) is 1. The largest absolute Gasteiger partial charge is 0.479 e. The third-order valence-electron chi connectivity index (χ3n) is 3.84. The Labute approximate surface area is 90.8 Å². The summed E-state index contributed by atoms with van der Waals surface area (Å²) in [5, 5.41) is 9.05. The molecule has 0 heterocycles. The predicted octanol–water partition coefficient (Wildman–Crippen LogP) is 2.30. The second-order valence-electron chi connectivity index (χ2n) is 5.35. The molecule has 2 rings (SSSR count). The van der Waals surface area contributed by atoms with Gasteiger partial charge in [-0.25, -0.2) is 4.79 Å². The topological polar surface area (TPSA) is 46.5 Å². The third kappa shape index (κ3) is 2.17. The summed E-state index contributed by atoms with van der Waals surface area (Å²) in [6, 6.07) is 0. The van der Waals surface area contributed by atoms with Crippen LogP contribution >= 0.6 is 0 Å². The Hall–Kier alpha value is -0.570. The summed E-state index contributed by atoms with van der Waals surface area (Å²) in [7, 11) is 0. The molecule has 0 aromatic carbocycles. The van der Waals surface area contributed by atoms with Gasteiger partial charge in [0.2, 0.25) is 0 Å². The Morgan fingerprint density at radius 3 is 2.47 bits per heavy atom. The molecule has 0 spiro atoms. The van der Waals surface area contributed by atoms with Crippen molar-refractivity contribution in [2.75, 3.05) is 0 Å². The molecule has 3 nitrogen and oxygen atoms in total. The molecule has 0 aromatic heterocycles. The normalized spacial score (nSPS) is 36.1. The number of carboxylic acids is 1. The van der Waals surface area contributed by atoms with Gasteiger partial charge in [-0.2, -0.15) is 0 Å². The van der Waals surface area contributed by atoms with Crippen molar-refractivity contribution in [1.29, 1.82) is 0 Å². The number of ether oxygens (including phenoxy) is 1. The molecule has 0 radical (unpaired) electrons. The highest BCUT2D eigenvalue weighted by Crippen LogP contribution is 2.46. The number of aliphatic carboxylic acids is 1. The van der Waals surface area contributed by atoms with E-state index < -0.39 is 12.1 Å². The summed E-state index contributed by atoms with van der Waals surface area (Å²) >= 11 is 0. The Morgan fingerprint density at radius 2 is 2.07 bits per heavy atom. The first-order valence-electron chi connectivity index (χ1n) is 5.96. The Kier molecular flexibility index (Phi) is 3.01. The average Bonchev–Trinajstić information content (AvgIpc) is 2.73. The summed E-state index contributed by atoms with van der Waals surface area (Å²) in [4.78, 5) is 11.0. The Morgan fingerprint density at radius 1 is 1.33 bits per heavy atom. The summed E-state index contributed by atoms with van der Waals surface area (Å²) < 4.78 is 5.77. The lowest BCUT2D eigenvalue weighted by Crippen LogP contribution is -2.35. The molecule has 15 heavy (non-hydrogen) atoms. The van der Waals surface area contributed by atoms with Crippen molar-refractivity contribution in [3.05, 3.63) is 0 Å². The number of carbonyl (C=O) groups is 1. The zero-order chi connectivity index (χ0) is 11.0. The summed E-state index contributed by atoms with van der Waals surface area (Å²) in [6.45, 7) is 3.82. The highest BCUT2D eigenvalue weighted by molar-refractivity contribution is 5.72. The third-order valence-corrected chi connectivity index (χ3v) is 3.84. The minimum absolute atomic E-state index is 0.0571. The van der Waals surface area contributed by atoms with Gasteiger partial charge in [0.1, 0.15) is 0 Å². The van der Waals surface area contributed by atoms with E-state index in [-0.39, 0.29) is 12.0 Å². The van der Waals surface area contributed by atoms with Crippen LogP contribution in [-0.4, -0.2) is 23.3 Å². The molecular formula is C12H20O3. The molecule has 2 aliphatic rings. The molecule has 2 bridgehead atoms. The van der Waals surface area contributed by atoms with Crippen LogP contribution in [0.15, 0.2) is 0 Å². The molecule has 0 amide bonds. The molecule has 86 valence electrons. The molecule has 2 fully saturated rings. The fourth-order valence-corrected chi connectivity index (χ4v) is 3.04. The lowest BCUT2D eigenvalue weighted by atomic mass is 9.97. The van der Waals surface area contributed by atoms with Crippen LogP contribution in [0.4, 0.5) is 0 Å². The summed E-state index contributed by atoms with van der Waals surface area (Å²) in [6.07, 6.45) is 4.50. The molecular weight excluding hydrogens is 192 g/mol. The maximum Gasteiger partial charge on any atom is 0.333 e. The van der Waals surface area contributed by atoms with E-state index >= 15 is 0 Å². The lowest BCUT2D eigenvalue weighted by Gasteiger charge is -2.27. The number of carboxylic acid groups (broad SMARTS) is 1. The number of rotatable bonds is 4. The van der Waals surface area contributed by atoms with Gasteiger partial charge in [-0.05, 0) is 43.4 Å². The Balaban J connectivity index is 1.92. The van der Waals surface area contributed by atoms with E-state index in [4.69, 9.17) is 9.84 Å². The van der Waals surface area contributed by atoms with Crippen molar-refractivity contribution in [3.63, 3.8) is 0 Å². The molecule has 4 unspecified atom stereocenters. The van der Waals surface area contributed by atoms with Crippen molar-refractivity contribution < 1.29 is 14.6 Å². The van der Waals surface area contributed by atoms with Gasteiger partial charge in [-0.15, -0.1) is 0 Å². The molecule has 1 N–H and O–H groups in total. The molecule has 2 aliphatic carbocycles. The second-order valence-corrected chi connectivity index (χ2v) is 5.35. The van der Waals surface area contributed by atoms with E-state index in [1.54, 1.807) is 0 Å². The first-order chi connectivity index (χ1) is 7.08. The second kappa shape index (κ2) is 4.12. The van der Waals surface area contributed by atoms with Crippen LogP contribution in [0.2, 0.25) is 0 Å². The minimum Gasteiger partial charge on any atom is -0.479 e. The van der Waals surface area contributed by atoms with Crippen LogP contribution in [0, 0.1) is 17.8 Å². The van der Waals surface area contributed by atoms with Crippen molar-refractivity contribution in [3.8, 4) is 0 Å². The maximum absolute atomic E-state index is 11.0. The molecule has 0 aliphatic heterocycles. The number of hydrogen-bond acceptors (Lipinski definition) is 2. The molecule has 0 aromatic rings. The van der Waals surface area contributed by atoms with Crippen LogP contribution in [0.5, 0.6) is 0 Å². The van der Waals surface area contributed by atoms with E-state index in [0.717, 1.165) is 12.3 Å². The monoisotopic (exact) mass is 212 g/mol. The molecule has 0 saturated heterocycles. The fourth-order valence-electron chi connectivity index (χ4n) is 3.04. The molecule has 4 atom stereocenters. The van der Waals surface area contributed by atoms with Crippen molar-refractivity contribution in [1.82, 2.24) is 0 Å². The van der Waals surface area contributed by atoms with E-state index in [0.29, 0.717) is 5.92 Å². The van der Waals surface area contributed by atoms with E-state index in [2.05, 4.69) is 0 Å². The van der Waals surface area contributed by atoms with Gasteiger partial charge < -0.3 is 9.84 Å². The highest BCUT2D eigenvalue weighted by Gasteiger charge is 2.42. The van der Waals surface area contributed by atoms with Gasteiger partial charge in [0.15, 0.2) is 6.10 Å². The van der Waals surface area contributed by atoms with E-state index in [1.807, 2.05) is 13.8 Å². The van der Waals surface area contributed by atoms with Crippen LogP contribution < -0.4 is 0 Å². The van der Waals surface area contributed by atoms with Gasteiger partial charge >= 0.3 is 5.97 Å². The van der Waals surface area contributed by atoms with Crippen LogP contribution in [0.3, 0.4) is 0 Å². The summed E-state index contributed by atoms with van der Waals surface area (Å²) in [5.74, 6) is 0.687. The maximum atomic E-state index is 11.0. The quantitative estimate of drug-likeness (QED) is 0.777. The predicted molar refractivity (Wildman–Crippen MR) is 56.6 cm³/mol. The Bertz CT molecular complexity index is 249. The van der Waals surface area contributed by atoms with Gasteiger partial charge in [0, 0.05) is 0 Å². The van der Waals surface area contributed by atoms with E-state index in [1.165, 1.54) is 19.3 Å². The highest BCUT2D eigenvalue weighted by atomic mass is 16.5. The number of fused-ring (bicyclic) bond motifs is 2. The van der Waals surface area contributed by atoms with Gasteiger partial charge in [0.25, 0.3) is 0 Å². The van der Waals surface area contributed by atoms with Gasteiger partial charge in [-0.1, -0.05) is 13.8 Å². The van der Waals surface area contributed by atoms with Crippen molar-refractivity contribution >= 4 is 5.97 Å². The average molecular weight is 212 g/mol. The lowest BCUT2D eigenvalue weighted by molar-refractivity contribution is -0.160. The zero-order valence-corrected chi connectivity index (χ0v) is 9.48. The standard InChI is InChI=1S/C12H20O3/c1-7(2)11(12(13)14)15-10-6-8-3-4-9(10)5-8/h7-11H,3-6H2,1-2H3,(H,13,14). The van der Waals surface area contributed by atoms with Crippen molar-refractivity contribution in [2.45, 2.75) is 51.7 Å². The van der Waals surface area contributed by atoms with Crippen molar-refractivity contribution in [2.24, 2.45) is 17.8 Å². The SMILES string of the molecule is CC(C)C(OC1CC2CCC1C2)C(=O)O. The van der Waals surface area contributed by atoms with E-state index in [9.17, 15) is 4.79 Å². The first kappa shape index (κ1) is 10.9. The van der Waals surface area contributed by atoms with Gasteiger partial charge in [-0.3, -0.25) is 0 Å². The smallest absolute Gasteiger partial charge is 0.333 e. The first-order valence-corrected chi connectivity index (χ1v) is 5.96. The molecule has 2 saturated carbocycles. The zero-order valence-electron chi connectivity index (χ0n) is 9.48. The van der Waals surface area contributed by atoms with Gasteiger partial charge in [0.05, 0.1) is 6.10 Å². The fraction of sp³-hybridized carbons (Fsp3) is 0.917. The van der Waals surface area contributed by atoms with Crippen LogP contribution in [0.1, 0.15) is 39.5 Å².